The summed E-state index contributed by atoms with van der Waals surface area (Å²) in [5.41, 5.74) is 2.84. The fourth-order valence-corrected chi connectivity index (χ4v) is 4.75. The van der Waals surface area contributed by atoms with Gasteiger partial charge in [0.1, 0.15) is 11.6 Å². The number of hydrogen-bond donors (Lipinski definition) is 1. The van der Waals surface area contributed by atoms with Crippen molar-refractivity contribution in [3.8, 4) is 11.4 Å². The minimum absolute atomic E-state index is 0.136. The van der Waals surface area contributed by atoms with Crippen molar-refractivity contribution >= 4 is 35.1 Å². The average molecular weight is 477 g/mol. The first kappa shape index (κ1) is 22.9. The molecular formula is C25H24N4O2S2. The van der Waals surface area contributed by atoms with E-state index in [1.54, 1.807) is 18.9 Å². The summed E-state index contributed by atoms with van der Waals surface area (Å²) in [4.78, 5) is 13.8. The summed E-state index contributed by atoms with van der Waals surface area (Å²) in [6.45, 7) is 2.08. The highest BCUT2D eigenvalue weighted by atomic mass is 32.2. The Labute approximate surface area is 201 Å². The highest BCUT2D eigenvalue weighted by Gasteiger charge is 2.17. The first-order chi connectivity index (χ1) is 16.1. The fourth-order valence-electron chi connectivity index (χ4n) is 3.17. The van der Waals surface area contributed by atoms with E-state index in [-0.39, 0.29) is 11.7 Å². The molecule has 1 heterocycles. The number of hydrogen-bond acceptors (Lipinski definition) is 6. The van der Waals surface area contributed by atoms with Crippen molar-refractivity contribution in [2.75, 3.05) is 18.2 Å². The lowest BCUT2D eigenvalue weighted by Crippen LogP contribution is -2.15. The lowest BCUT2D eigenvalue weighted by atomic mass is 10.2. The third kappa shape index (κ3) is 5.97. The topological polar surface area (TPSA) is 69.0 Å². The first-order valence-corrected chi connectivity index (χ1v) is 12.4. The molecule has 4 aromatic rings. The molecule has 0 atom stereocenters. The Hall–Kier alpha value is -3.23. The molecule has 168 valence electrons. The molecule has 0 bridgehead atoms. The van der Waals surface area contributed by atoms with E-state index in [1.165, 1.54) is 22.2 Å². The molecule has 0 spiro atoms. The molecule has 0 aliphatic carbocycles. The molecular weight excluding hydrogens is 452 g/mol. The normalized spacial score (nSPS) is 10.7. The molecule has 33 heavy (non-hydrogen) atoms. The molecule has 4 rings (SSSR count). The molecule has 0 saturated heterocycles. The number of nitrogens with zero attached hydrogens (tertiary/aromatic N) is 3. The van der Waals surface area contributed by atoms with Crippen LogP contribution >= 0.6 is 23.5 Å². The number of aromatic nitrogens is 3. The van der Waals surface area contributed by atoms with E-state index < -0.39 is 0 Å². The van der Waals surface area contributed by atoms with E-state index in [0.717, 1.165) is 11.5 Å². The molecule has 0 aliphatic rings. The van der Waals surface area contributed by atoms with Crippen LogP contribution in [0, 0.1) is 6.92 Å². The number of benzene rings is 3. The van der Waals surface area contributed by atoms with E-state index in [0.29, 0.717) is 22.3 Å². The summed E-state index contributed by atoms with van der Waals surface area (Å²) in [6.07, 6.45) is 0. The lowest BCUT2D eigenvalue weighted by molar-refractivity contribution is -0.113. The Kier molecular flexibility index (Phi) is 7.70. The van der Waals surface area contributed by atoms with E-state index in [2.05, 4.69) is 46.7 Å². The molecule has 0 saturated carbocycles. The van der Waals surface area contributed by atoms with Gasteiger partial charge in [0.15, 0.2) is 5.16 Å². The van der Waals surface area contributed by atoms with Crippen molar-refractivity contribution in [2.24, 2.45) is 0 Å². The van der Waals surface area contributed by atoms with Crippen LogP contribution in [0.4, 0.5) is 5.69 Å². The van der Waals surface area contributed by atoms with Crippen LogP contribution in [0.3, 0.4) is 0 Å². The van der Waals surface area contributed by atoms with Gasteiger partial charge in [0, 0.05) is 10.6 Å². The highest BCUT2D eigenvalue weighted by molar-refractivity contribution is 7.99. The monoisotopic (exact) mass is 476 g/mol. The van der Waals surface area contributed by atoms with Crippen LogP contribution in [0.15, 0.2) is 88.9 Å². The molecule has 1 N–H and O–H groups in total. The number of para-hydroxylation sites is 3. The van der Waals surface area contributed by atoms with E-state index in [1.807, 2.05) is 59.2 Å². The number of aryl methyl sites for hydroxylation is 1. The lowest BCUT2D eigenvalue weighted by Gasteiger charge is -2.11. The van der Waals surface area contributed by atoms with Crippen LogP contribution in [-0.2, 0) is 10.5 Å². The number of rotatable bonds is 9. The number of amides is 1. The molecule has 0 unspecified atom stereocenters. The number of nitrogens with one attached hydrogen (secondary N) is 1. The average Bonchev–Trinajstić information content (AvgIpc) is 3.26. The Morgan fingerprint density at radius 1 is 0.939 bits per heavy atom. The predicted octanol–water partition coefficient (Wildman–Crippen LogP) is 5.61. The molecule has 1 aromatic heterocycles. The Bertz CT molecular complexity index is 1210. The second-order valence-electron chi connectivity index (χ2n) is 7.21. The minimum Gasteiger partial charge on any atom is -0.495 e. The van der Waals surface area contributed by atoms with Crippen LogP contribution in [0.25, 0.3) is 5.69 Å². The van der Waals surface area contributed by atoms with Gasteiger partial charge in [0.05, 0.1) is 24.3 Å². The van der Waals surface area contributed by atoms with Crippen molar-refractivity contribution in [3.05, 3.63) is 90.3 Å². The number of ether oxygens (including phenoxy) is 1. The maximum absolute atomic E-state index is 12.6. The quantitative estimate of drug-likeness (QED) is 0.317. The maximum Gasteiger partial charge on any atom is 0.234 e. The molecule has 1 amide bonds. The fraction of sp³-hybridized carbons (Fsp3) is 0.160. The van der Waals surface area contributed by atoms with Crippen molar-refractivity contribution in [1.82, 2.24) is 14.8 Å². The summed E-state index contributed by atoms with van der Waals surface area (Å²) in [7, 11) is 1.58. The van der Waals surface area contributed by atoms with Crippen molar-refractivity contribution < 1.29 is 9.53 Å². The second-order valence-corrected chi connectivity index (χ2v) is 9.20. The number of carbonyl (C=O) groups is 1. The number of anilines is 1. The maximum atomic E-state index is 12.6. The van der Waals surface area contributed by atoms with Gasteiger partial charge in [-0.1, -0.05) is 59.8 Å². The summed E-state index contributed by atoms with van der Waals surface area (Å²) in [5, 5.41) is 12.4. The third-order valence-electron chi connectivity index (χ3n) is 4.82. The zero-order chi connectivity index (χ0) is 23.0. The summed E-state index contributed by atoms with van der Waals surface area (Å²) >= 11 is 3.06. The van der Waals surface area contributed by atoms with Crippen LogP contribution in [0.1, 0.15) is 11.4 Å². The Morgan fingerprint density at radius 3 is 2.42 bits per heavy atom. The van der Waals surface area contributed by atoms with Crippen molar-refractivity contribution in [3.63, 3.8) is 0 Å². The largest absolute Gasteiger partial charge is 0.495 e. The summed E-state index contributed by atoms with van der Waals surface area (Å²) in [6, 6.07) is 25.7. The zero-order valence-electron chi connectivity index (χ0n) is 18.4. The predicted molar refractivity (Wildman–Crippen MR) is 134 cm³/mol. The van der Waals surface area contributed by atoms with Crippen molar-refractivity contribution in [2.45, 2.75) is 22.7 Å². The molecule has 0 fully saturated rings. The minimum atomic E-state index is -0.136. The van der Waals surface area contributed by atoms with E-state index >= 15 is 0 Å². The Balaban J connectivity index is 1.49. The van der Waals surface area contributed by atoms with Gasteiger partial charge >= 0.3 is 0 Å². The summed E-state index contributed by atoms with van der Waals surface area (Å²) in [5.74, 6) is 2.19. The van der Waals surface area contributed by atoms with Gasteiger partial charge in [0.2, 0.25) is 5.91 Å². The molecule has 0 aliphatic heterocycles. The molecule has 6 nitrogen and oxygen atoms in total. The SMILES string of the molecule is COc1ccccc1NC(=O)CSc1nnc(CSc2ccc(C)cc2)n1-c1ccccc1. The standard InChI is InChI=1S/C25H24N4O2S2/c1-18-12-14-20(15-13-18)32-16-23-27-28-25(29(23)19-8-4-3-5-9-19)33-17-24(30)26-21-10-6-7-11-22(21)31-2/h3-15H,16-17H2,1-2H3,(H,26,30). The van der Waals surface area contributed by atoms with Gasteiger partial charge in [-0.15, -0.1) is 22.0 Å². The zero-order valence-corrected chi connectivity index (χ0v) is 20.0. The smallest absolute Gasteiger partial charge is 0.234 e. The summed E-state index contributed by atoms with van der Waals surface area (Å²) < 4.78 is 7.32. The first-order valence-electron chi connectivity index (χ1n) is 10.4. The third-order valence-corrected chi connectivity index (χ3v) is 6.75. The number of methoxy groups -OCH3 is 1. The number of carbonyl (C=O) groups excluding carboxylic acids is 1. The van der Waals surface area contributed by atoms with Crippen molar-refractivity contribution in [1.29, 1.82) is 0 Å². The van der Waals surface area contributed by atoms with Gasteiger partial charge in [-0.05, 0) is 43.3 Å². The van der Waals surface area contributed by atoms with Crippen LogP contribution in [-0.4, -0.2) is 33.5 Å². The van der Waals surface area contributed by atoms with Crippen LogP contribution in [0.5, 0.6) is 5.75 Å². The highest BCUT2D eigenvalue weighted by Crippen LogP contribution is 2.28. The van der Waals surface area contributed by atoms with Crippen LogP contribution < -0.4 is 10.1 Å². The second kappa shape index (κ2) is 11.1. The van der Waals surface area contributed by atoms with E-state index in [4.69, 9.17) is 4.74 Å². The van der Waals surface area contributed by atoms with Gasteiger partial charge in [-0.3, -0.25) is 9.36 Å². The number of thioether (sulfide) groups is 2. The van der Waals surface area contributed by atoms with Gasteiger partial charge in [-0.2, -0.15) is 0 Å². The molecule has 3 aromatic carbocycles. The van der Waals surface area contributed by atoms with E-state index in [9.17, 15) is 4.79 Å². The van der Waals surface area contributed by atoms with Crippen LogP contribution in [0.2, 0.25) is 0 Å². The van der Waals surface area contributed by atoms with Gasteiger partial charge in [0.25, 0.3) is 0 Å². The van der Waals surface area contributed by atoms with Gasteiger partial charge < -0.3 is 10.1 Å². The Morgan fingerprint density at radius 2 is 1.67 bits per heavy atom. The van der Waals surface area contributed by atoms with Gasteiger partial charge in [-0.25, -0.2) is 0 Å². The molecule has 0 radical (unpaired) electrons. The molecule has 8 heteroatoms.